The van der Waals surface area contributed by atoms with Crippen molar-refractivity contribution >= 4 is 5.97 Å². The highest BCUT2D eigenvalue weighted by Crippen LogP contribution is 2.37. The maximum absolute atomic E-state index is 10.6. The van der Waals surface area contributed by atoms with Crippen LogP contribution >= 0.6 is 0 Å². The second kappa shape index (κ2) is 11.4. The van der Waals surface area contributed by atoms with Crippen LogP contribution < -0.4 is 0 Å². The zero-order chi connectivity index (χ0) is 19.6. The van der Waals surface area contributed by atoms with E-state index in [9.17, 15) is 4.79 Å². The molecule has 0 aromatic heterocycles. The van der Waals surface area contributed by atoms with Crippen LogP contribution in [-0.4, -0.2) is 41.2 Å². The molecule has 1 aromatic carbocycles. The highest BCUT2D eigenvalue weighted by molar-refractivity contribution is 5.66. The predicted octanol–water partition coefficient (Wildman–Crippen LogP) is 5.04. The van der Waals surface area contributed by atoms with Crippen LogP contribution in [0.5, 0.6) is 0 Å². The summed E-state index contributed by atoms with van der Waals surface area (Å²) in [5, 5.41) is 8.75. The van der Waals surface area contributed by atoms with E-state index in [1.165, 1.54) is 44.3 Å². The van der Waals surface area contributed by atoms with E-state index in [1.54, 1.807) is 0 Å². The first-order chi connectivity index (χ1) is 13.7. The molecule has 4 nitrogen and oxygen atoms in total. The summed E-state index contributed by atoms with van der Waals surface area (Å²) in [7, 11) is 0. The number of hydrogen-bond acceptors (Lipinski definition) is 3. The Balaban J connectivity index is 1.55. The van der Waals surface area contributed by atoms with E-state index in [4.69, 9.17) is 9.84 Å². The number of ether oxygens (including phenoxy) is 1. The van der Waals surface area contributed by atoms with Gasteiger partial charge in [0.2, 0.25) is 0 Å². The summed E-state index contributed by atoms with van der Waals surface area (Å²) in [6.45, 7) is 3.17. The maximum Gasteiger partial charge on any atom is 0.303 e. The normalized spacial score (nSPS) is 26.1. The Morgan fingerprint density at radius 1 is 1.07 bits per heavy atom. The van der Waals surface area contributed by atoms with E-state index in [0.29, 0.717) is 31.1 Å². The lowest BCUT2D eigenvalue weighted by molar-refractivity contribution is -0.136. The first-order valence-electron chi connectivity index (χ1n) is 11.0. The molecule has 28 heavy (non-hydrogen) atoms. The van der Waals surface area contributed by atoms with Gasteiger partial charge >= 0.3 is 5.97 Å². The Hall–Kier alpha value is -1.65. The molecular formula is C24H35NO3. The van der Waals surface area contributed by atoms with Crippen molar-refractivity contribution in [3.63, 3.8) is 0 Å². The number of piperidine rings is 1. The summed E-state index contributed by atoms with van der Waals surface area (Å²) >= 11 is 0. The Morgan fingerprint density at radius 3 is 2.57 bits per heavy atom. The van der Waals surface area contributed by atoms with Crippen molar-refractivity contribution in [2.75, 3.05) is 13.1 Å². The fourth-order valence-electron chi connectivity index (χ4n) is 4.81. The monoisotopic (exact) mass is 385 g/mol. The van der Waals surface area contributed by atoms with Gasteiger partial charge in [0.05, 0.1) is 12.7 Å². The summed E-state index contributed by atoms with van der Waals surface area (Å²) in [4.78, 5) is 13.4. The number of benzene rings is 1. The second-order valence-corrected chi connectivity index (χ2v) is 8.22. The van der Waals surface area contributed by atoms with Crippen LogP contribution in [0.3, 0.4) is 0 Å². The molecule has 154 valence electrons. The third-order valence-electron chi connectivity index (χ3n) is 6.24. The highest BCUT2D eigenvalue weighted by Gasteiger charge is 2.39. The topological polar surface area (TPSA) is 49.8 Å². The summed E-state index contributed by atoms with van der Waals surface area (Å²) in [6, 6.07) is 11.1. The van der Waals surface area contributed by atoms with Crippen molar-refractivity contribution in [1.29, 1.82) is 0 Å². The van der Waals surface area contributed by atoms with Crippen LogP contribution in [0.15, 0.2) is 42.5 Å². The third-order valence-corrected chi connectivity index (χ3v) is 6.24. The lowest BCUT2D eigenvalue weighted by Gasteiger charge is -2.37. The van der Waals surface area contributed by atoms with Gasteiger partial charge in [0.25, 0.3) is 0 Å². The van der Waals surface area contributed by atoms with E-state index < -0.39 is 5.97 Å². The molecule has 0 amide bonds. The van der Waals surface area contributed by atoms with Crippen molar-refractivity contribution in [1.82, 2.24) is 4.90 Å². The van der Waals surface area contributed by atoms with E-state index >= 15 is 0 Å². The minimum absolute atomic E-state index is 0.221. The summed E-state index contributed by atoms with van der Waals surface area (Å²) in [6.07, 6.45) is 13.9. The van der Waals surface area contributed by atoms with E-state index in [-0.39, 0.29) is 6.42 Å². The number of carboxylic acids is 1. The molecule has 2 aliphatic rings. The number of likely N-dealkylation sites (tertiary alicyclic amines) is 1. The smallest absolute Gasteiger partial charge is 0.303 e. The number of carbonyl (C=O) groups is 1. The largest absolute Gasteiger partial charge is 0.481 e. The first-order valence-corrected chi connectivity index (χ1v) is 11.0. The molecule has 2 fully saturated rings. The Morgan fingerprint density at radius 2 is 1.82 bits per heavy atom. The molecule has 3 rings (SSSR count). The standard InChI is InChI=1S/C24H35NO3/c26-24(27)14-8-2-1-7-13-21-22(25-17-9-4-10-18-25)15-16-23(21)28-19-20-11-5-3-6-12-20/h1-3,5-6,11-12,21-23H,4,7-10,13-19H2,(H,26,27)/b2-1+. The molecule has 1 N–H and O–H groups in total. The van der Waals surface area contributed by atoms with Crippen molar-refractivity contribution in [3.8, 4) is 0 Å². The molecule has 0 spiro atoms. The van der Waals surface area contributed by atoms with Gasteiger partial charge in [-0.1, -0.05) is 48.9 Å². The maximum atomic E-state index is 10.6. The molecular weight excluding hydrogens is 350 g/mol. The fourth-order valence-corrected chi connectivity index (χ4v) is 4.81. The molecule has 0 radical (unpaired) electrons. The Labute approximate surface area is 169 Å². The van der Waals surface area contributed by atoms with E-state index in [2.05, 4.69) is 35.2 Å². The average Bonchev–Trinajstić information content (AvgIpc) is 3.13. The van der Waals surface area contributed by atoms with Gasteiger partial charge in [0.1, 0.15) is 0 Å². The second-order valence-electron chi connectivity index (χ2n) is 8.22. The summed E-state index contributed by atoms with van der Waals surface area (Å²) < 4.78 is 6.40. The molecule has 3 atom stereocenters. The van der Waals surface area contributed by atoms with Gasteiger partial charge in [-0.3, -0.25) is 4.79 Å². The van der Waals surface area contributed by atoms with Gasteiger partial charge in [-0.2, -0.15) is 0 Å². The first kappa shape index (κ1) is 21.1. The average molecular weight is 386 g/mol. The summed E-state index contributed by atoms with van der Waals surface area (Å²) in [5.41, 5.74) is 1.25. The highest BCUT2D eigenvalue weighted by atomic mass is 16.5. The van der Waals surface area contributed by atoms with Crippen molar-refractivity contribution < 1.29 is 14.6 Å². The van der Waals surface area contributed by atoms with Crippen LogP contribution in [0, 0.1) is 5.92 Å². The number of hydrogen-bond donors (Lipinski definition) is 1. The SMILES string of the molecule is O=C(O)CC/C=C/CCC1C(OCc2ccccc2)CCC1N1CCCCC1. The van der Waals surface area contributed by atoms with Crippen molar-refractivity contribution in [2.24, 2.45) is 5.92 Å². The van der Waals surface area contributed by atoms with Gasteiger partial charge in [-0.05, 0) is 63.6 Å². The third kappa shape index (κ3) is 6.46. The number of carboxylic acid groups (broad SMARTS) is 1. The quantitative estimate of drug-likeness (QED) is 0.574. The van der Waals surface area contributed by atoms with E-state index in [0.717, 1.165) is 19.3 Å². The number of aliphatic carboxylic acids is 1. The molecule has 0 bridgehead atoms. The number of allylic oxidation sites excluding steroid dienone is 2. The minimum atomic E-state index is -0.722. The van der Waals surface area contributed by atoms with Crippen molar-refractivity contribution in [2.45, 2.75) is 76.5 Å². The van der Waals surface area contributed by atoms with Crippen molar-refractivity contribution in [3.05, 3.63) is 48.0 Å². The van der Waals surface area contributed by atoms with Gasteiger partial charge in [0.15, 0.2) is 0 Å². The minimum Gasteiger partial charge on any atom is -0.481 e. The molecule has 1 aromatic rings. The summed E-state index contributed by atoms with van der Waals surface area (Å²) in [5.74, 6) is -0.147. The van der Waals surface area contributed by atoms with Crippen LogP contribution in [0.25, 0.3) is 0 Å². The molecule has 3 unspecified atom stereocenters. The van der Waals surface area contributed by atoms with Gasteiger partial charge in [-0.15, -0.1) is 0 Å². The van der Waals surface area contributed by atoms with E-state index in [1.807, 2.05) is 12.1 Å². The number of rotatable bonds is 10. The molecule has 1 aliphatic heterocycles. The number of nitrogens with zero attached hydrogens (tertiary/aromatic N) is 1. The van der Waals surface area contributed by atoms with Gasteiger partial charge in [-0.25, -0.2) is 0 Å². The lowest BCUT2D eigenvalue weighted by atomic mass is 9.93. The zero-order valence-electron chi connectivity index (χ0n) is 17.0. The van der Waals surface area contributed by atoms with Crippen LogP contribution in [0.4, 0.5) is 0 Å². The molecule has 1 saturated heterocycles. The molecule has 1 aliphatic carbocycles. The van der Waals surface area contributed by atoms with Gasteiger partial charge < -0.3 is 14.7 Å². The predicted molar refractivity (Wildman–Crippen MR) is 112 cm³/mol. The van der Waals surface area contributed by atoms with Crippen LogP contribution in [0.2, 0.25) is 0 Å². The zero-order valence-corrected chi connectivity index (χ0v) is 17.0. The Kier molecular flexibility index (Phi) is 8.56. The fraction of sp³-hybridized carbons (Fsp3) is 0.625. The Bertz CT molecular complexity index is 610. The van der Waals surface area contributed by atoms with Crippen LogP contribution in [0.1, 0.15) is 63.4 Å². The van der Waals surface area contributed by atoms with Gasteiger partial charge in [0, 0.05) is 18.4 Å². The molecule has 1 saturated carbocycles. The molecule has 1 heterocycles. The lowest BCUT2D eigenvalue weighted by Crippen LogP contribution is -2.43. The van der Waals surface area contributed by atoms with Crippen LogP contribution in [-0.2, 0) is 16.1 Å². The molecule has 4 heteroatoms.